The molecule has 2 N–H and O–H groups in total. The zero-order chi connectivity index (χ0) is 8.97. The first kappa shape index (κ1) is 10.4. The van der Waals surface area contributed by atoms with Crippen LogP contribution < -0.4 is 5.73 Å². The molecule has 0 spiro atoms. The van der Waals surface area contributed by atoms with Crippen LogP contribution in [0, 0.1) is 0 Å². The van der Waals surface area contributed by atoms with Crippen molar-refractivity contribution in [1.29, 1.82) is 0 Å². The van der Waals surface area contributed by atoms with E-state index in [4.69, 9.17) is 17.3 Å². The molecule has 12 heavy (non-hydrogen) atoms. The molecular weight excluding hydrogens is 210 g/mol. The van der Waals surface area contributed by atoms with Crippen molar-refractivity contribution < 1.29 is 0 Å². The van der Waals surface area contributed by atoms with Crippen LogP contribution in [0.15, 0.2) is 12.1 Å². The van der Waals surface area contributed by atoms with Gasteiger partial charge in [-0.25, -0.2) is 0 Å². The van der Waals surface area contributed by atoms with Gasteiger partial charge in [-0.15, -0.1) is 11.3 Å². The van der Waals surface area contributed by atoms with Crippen molar-refractivity contribution in [2.45, 2.75) is 18.7 Å². The third-order valence-corrected chi connectivity index (χ3v) is 3.94. The molecular formula is C8H12ClNS2. The summed E-state index contributed by atoms with van der Waals surface area (Å²) in [5.74, 6) is 2.04. The minimum atomic E-state index is 0.283. The van der Waals surface area contributed by atoms with E-state index in [1.807, 2.05) is 24.8 Å². The molecule has 0 aliphatic rings. The van der Waals surface area contributed by atoms with Gasteiger partial charge in [0.15, 0.2) is 0 Å². The molecule has 1 rings (SSSR count). The Morgan fingerprint density at radius 1 is 1.67 bits per heavy atom. The van der Waals surface area contributed by atoms with Crippen molar-refractivity contribution in [3.8, 4) is 0 Å². The second-order valence-corrected chi connectivity index (χ2v) is 5.53. The smallest absolute Gasteiger partial charge is 0.0931 e. The van der Waals surface area contributed by atoms with Crippen LogP contribution in [-0.2, 0) is 5.75 Å². The van der Waals surface area contributed by atoms with Crippen LogP contribution in [0.3, 0.4) is 0 Å². The third kappa shape index (κ3) is 3.81. The molecule has 1 aromatic heterocycles. The fourth-order valence-electron chi connectivity index (χ4n) is 0.775. The summed E-state index contributed by atoms with van der Waals surface area (Å²) in [5, 5.41) is 0. The molecule has 1 aromatic rings. The van der Waals surface area contributed by atoms with E-state index in [1.54, 1.807) is 11.3 Å². The highest BCUT2D eigenvalue weighted by atomic mass is 35.5. The zero-order valence-electron chi connectivity index (χ0n) is 6.92. The summed E-state index contributed by atoms with van der Waals surface area (Å²) >= 11 is 9.28. The molecule has 0 bridgehead atoms. The van der Waals surface area contributed by atoms with Gasteiger partial charge in [-0.2, -0.15) is 11.8 Å². The van der Waals surface area contributed by atoms with Crippen molar-refractivity contribution in [3.05, 3.63) is 21.3 Å². The first-order chi connectivity index (χ1) is 5.68. The number of hydrogen-bond acceptors (Lipinski definition) is 3. The summed E-state index contributed by atoms with van der Waals surface area (Å²) in [6.45, 7) is 2.02. The van der Waals surface area contributed by atoms with Crippen LogP contribution in [0.25, 0.3) is 0 Å². The molecule has 0 aliphatic heterocycles. The van der Waals surface area contributed by atoms with Crippen molar-refractivity contribution >= 4 is 34.7 Å². The van der Waals surface area contributed by atoms with Crippen LogP contribution in [0.5, 0.6) is 0 Å². The molecule has 1 atom stereocenters. The molecule has 4 heteroatoms. The lowest BCUT2D eigenvalue weighted by atomic mass is 10.4. The largest absolute Gasteiger partial charge is 0.327 e. The minimum Gasteiger partial charge on any atom is -0.327 e. The Balaban J connectivity index is 2.24. The van der Waals surface area contributed by atoms with Gasteiger partial charge >= 0.3 is 0 Å². The Kier molecular flexibility index (Phi) is 4.43. The standard InChI is InChI=1S/C8H12ClNS2/c1-6(10)4-11-5-7-2-3-8(9)12-7/h2-3,6H,4-5,10H2,1H3. The van der Waals surface area contributed by atoms with Crippen molar-refractivity contribution in [3.63, 3.8) is 0 Å². The van der Waals surface area contributed by atoms with Gasteiger partial charge in [0.05, 0.1) is 4.34 Å². The maximum Gasteiger partial charge on any atom is 0.0931 e. The second kappa shape index (κ2) is 5.12. The summed E-state index contributed by atoms with van der Waals surface area (Å²) in [4.78, 5) is 1.32. The maximum absolute atomic E-state index is 5.79. The molecule has 1 nitrogen and oxygen atoms in total. The Labute approximate surface area is 86.3 Å². The molecule has 68 valence electrons. The number of rotatable bonds is 4. The van der Waals surface area contributed by atoms with E-state index in [2.05, 4.69) is 6.07 Å². The molecule has 0 fully saturated rings. The molecule has 0 amide bonds. The quantitative estimate of drug-likeness (QED) is 0.846. The molecule has 0 saturated carbocycles. The van der Waals surface area contributed by atoms with Gasteiger partial charge in [-0.1, -0.05) is 11.6 Å². The molecule has 1 heterocycles. The van der Waals surface area contributed by atoms with Gasteiger partial charge in [-0.3, -0.25) is 0 Å². The van der Waals surface area contributed by atoms with E-state index < -0.39 is 0 Å². The van der Waals surface area contributed by atoms with Gasteiger partial charge in [-0.05, 0) is 19.1 Å². The maximum atomic E-state index is 5.79. The topological polar surface area (TPSA) is 26.0 Å². The summed E-state index contributed by atoms with van der Waals surface area (Å²) in [7, 11) is 0. The second-order valence-electron chi connectivity index (χ2n) is 2.70. The Morgan fingerprint density at radius 3 is 2.92 bits per heavy atom. The highest BCUT2D eigenvalue weighted by molar-refractivity contribution is 7.98. The number of thioether (sulfide) groups is 1. The van der Waals surface area contributed by atoms with Gasteiger partial charge in [0, 0.05) is 22.4 Å². The Morgan fingerprint density at radius 2 is 2.42 bits per heavy atom. The summed E-state index contributed by atoms with van der Waals surface area (Å²) < 4.78 is 0.867. The van der Waals surface area contributed by atoms with E-state index >= 15 is 0 Å². The van der Waals surface area contributed by atoms with Gasteiger partial charge in [0.25, 0.3) is 0 Å². The van der Waals surface area contributed by atoms with E-state index in [0.29, 0.717) is 0 Å². The third-order valence-electron chi connectivity index (χ3n) is 1.25. The van der Waals surface area contributed by atoms with Crippen LogP contribution in [0.1, 0.15) is 11.8 Å². The molecule has 1 unspecified atom stereocenters. The van der Waals surface area contributed by atoms with Crippen molar-refractivity contribution in [2.75, 3.05) is 5.75 Å². The fraction of sp³-hybridized carbons (Fsp3) is 0.500. The fourth-order valence-corrected chi connectivity index (χ4v) is 2.93. The average Bonchev–Trinajstić information content (AvgIpc) is 2.35. The lowest BCUT2D eigenvalue weighted by Gasteiger charge is -2.02. The Bertz CT molecular complexity index is 235. The van der Waals surface area contributed by atoms with Crippen molar-refractivity contribution in [1.82, 2.24) is 0 Å². The molecule has 0 saturated heterocycles. The zero-order valence-corrected chi connectivity index (χ0v) is 9.31. The summed E-state index contributed by atoms with van der Waals surface area (Å²) in [6.07, 6.45) is 0. The Hall–Kier alpha value is 0.300. The SMILES string of the molecule is CC(N)CSCc1ccc(Cl)s1. The molecule has 0 radical (unpaired) electrons. The lowest BCUT2D eigenvalue weighted by molar-refractivity contribution is 0.847. The first-order valence-corrected chi connectivity index (χ1v) is 6.11. The highest BCUT2D eigenvalue weighted by Gasteiger charge is 1.99. The first-order valence-electron chi connectivity index (χ1n) is 3.76. The average molecular weight is 222 g/mol. The van der Waals surface area contributed by atoms with E-state index in [0.717, 1.165) is 15.8 Å². The molecule has 0 aliphatic carbocycles. The number of thiophene rings is 1. The predicted octanol–water partition coefficient (Wildman–Crippen LogP) is 2.98. The van der Waals surface area contributed by atoms with Crippen LogP contribution in [0.4, 0.5) is 0 Å². The van der Waals surface area contributed by atoms with Gasteiger partial charge in [0.1, 0.15) is 0 Å². The van der Waals surface area contributed by atoms with Crippen molar-refractivity contribution in [2.24, 2.45) is 5.73 Å². The van der Waals surface area contributed by atoms with E-state index in [9.17, 15) is 0 Å². The monoisotopic (exact) mass is 221 g/mol. The minimum absolute atomic E-state index is 0.283. The predicted molar refractivity (Wildman–Crippen MR) is 59.1 cm³/mol. The van der Waals surface area contributed by atoms with Gasteiger partial charge in [0.2, 0.25) is 0 Å². The summed E-state index contributed by atoms with van der Waals surface area (Å²) in [5.41, 5.74) is 5.62. The van der Waals surface area contributed by atoms with E-state index in [-0.39, 0.29) is 6.04 Å². The van der Waals surface area contributed by atoms with Gasteiger partial charge < -0.3 is 5.73 Å². The number of hydrogen-bond donors (Lipinski definition) is 1. The van der Waals surface area contributed by atoms with Crippen LogP contribution >= 0.6 is 34.7 Å². The molecule has 0 aromatic carbocycles. The van der Waals surface area contributed by atoms with Crippen LogP contribution in [0.2, 0.25) is 4.34 Å². The number of halogens is 1. The highest BCUT2D eigenvalue weighted by Crippen LogP contribution is 2.25. The normalized spacial score (nSPS) is 13.2. The summed E-state index contributed by atoms with van der Waals surface area (Å²) in [6, 6.07) is 4.29. The van der Waals surface area contributed by atoms with E-state index in [1.165, 1.54) is 4.88 Å². The van der Waals surface area contributed by atoms with Crippen LogP contribution in [-0.4, -0.2) is 11.8 Å². The lowest BCUT2D eigenvalue weighted by Crippen LogP contribution is -2.17. The number of nitrogens with two attached hydrogens (primary N) is 1.